The number of hydrogen-bond donors (Lipinski definition) is 2. The molecule has 0 aliphatic heterocycles. The predicted molar refractivity (Wildman–Crippen MR) is 69.8 cm³/mol. The molecule has 0 spiro atoms. The Hall–Kier alpha value is -1.56. The second-order valence-electron chi connectivity index (χ2n) is 4.51. The molecule has 0 radical (unpaired) electrons. The largest absolute Gasteiger partial charge is 0.441 e. The number of rotatable bonds is 5. The van der Waals surface area contributed by atoms with E-state index in [1.807, 2.05) is 0 Å². The van der Waals surface area contributed by atoms with Crippen molar-refractivity contribution in [2.45, 2.75) is 17.2 Å². The van der Waals surface area contributed by atoms with Gasteiger partial charge in [-0.05, 0) is 29.5 Å². The van der Waals surface area contributed by atoms with Gasteiger partial charge in [-0.3, -0.25) is 4.79 Å². The Balaban J connectivity index is 3.02. The van der Waals surface area contributed by atoms with Crippen LogP contribution in [0.2, 0.25) is 0 Å². The molecule has 24 heavy (non-hydrogen) atoms. The van der Waals surface area contributed by atoms with E-state index in [9.17, 15) is 39.9 Å². The average molecular weight is 382 g/mol. The van der Waals surface area contributed by atoms with Crippen LogP contribution in [0.25, 0.3) is 0 Å². The monoisotopic (exact) mass is 382 g/mol. The average Bonchev–Trinajstić information content (AvgIpc) is 2.38. The van der Waals surface area contributed by atoms with Crippen molar-refractivity contribution in [3.8, 4) is 0 Å². The Morgan fingerprint density at radius 3 is 1.96 bits per heavy atom. The summed E-state index contributed by atoms with van der Waals surface area (Å²) < 4.78 is 102. The van der Waals surface area contributed by atoms with Crippen LogP contribution in [0.1, 0.15) is 5.56 Å². The van der Waals surface area contributed by atoms with E-state index in [-0.39, 0.29) is 18.2 Å². The van der Waals surface area contributed by atoms with Gasteiger partial charge in [-0.2, -0.15) is 26.3 Å². The maximum atomic E-state index is 13.2. The van der Waals surface area contributed by atoms with Crippen LogP contribution in [-0.4, -0.2) is 29.9 Å². The highest BCUT2D eigenvalue weighted by atomic mass is 32.2. The minimum Gasteiger partial charge on any atom is -0.353 e. The van der Waals surface area contributed by atoms with Gasteiger partial charge >= 0.3 is 11.7 Å². The van der Waals surface area contributed by atoms with Gasteiger partial charge in [-0.15, -0.1) is 0 Å². The highest BCUT2D eigenvalue weighted by Crippen LogP contribution is 2.37. The Morgan fingerprint density at radius 2 is 1.54 bits per heavy atom. The number of carbonyl (C=O) groups is 1. The molecule has 0 bridgehead atoms. The zero-order chi connectivity index (χ0) is 18.8. The molecule has 3 N–H and O–H groups in total. The third kappa shape index (κ3) is 4.97. The van der Waals surface area contributed by atoms with Crippen LogP contribution < -0.4 is 11.1 Å². The van der Waals surface area contributed by atoms with Gasteiger partial charge in [0.25, 0.3) is 5.91 Å². The summed E-state index contributed by atoms with van der Waals surface area (Å²) >= 11 is -0.562. The Labute approximate surface area is 134 Å². The summed E-state index contributed by atoms with van der Waals surface area (Å²) in [6, 6.07) is 0.722. The number of nitrogens with two attached hydrogens (primary N) is 1. The summed E-state index contributed by atoms with van der Waals surface area (Å²) in [6.07, 6.45) is -5.45. The topological polar surface area (TPSA) is 55.1 Å². The first kappa shape index (κ1) is 20.5. The first-order valence-corrected chi connectivity index (χ1v) is 7.07. The Morgan fingerprint density at radius 1 is 1.04 bits per heavy atom. The van der Waals surface area contributed by atoms with Crippen LogP contribution in [0.4, 0.5) is 35.1 Å². The van der Waals surface area contributed by atoms with Crippen molar-refractivity contribution in [1.82, 2.24) is 5.32 Å². The van der Waals surface area contributed by atoms with E-state index in [2.05, 4.69) is 0 Å². The first-order valence-electron chi connectivity index (χ1n) is 6.08. The van der Waals surface area contributed by atoms with Crippen molar-refractivity contribution in [3.63, 3.8) is 0 Å². The van der Waals surface area contributed by atoms with Gasteiger partial charge in [0.05, 0.1) is 0 Å². The molecule has 0 saturated carbocycles. The SMILES string of the molecule is N[C@](C(=O)NCCSC(F)(F)F)(c1cc(F)cc(F)c1)C(F)(F)F. The first-order chi connectivity index (χ1) is 10.8. The normalized spacial score (nSPS) is 15.0. The Kier molecular flexibility index (Phi) is 6.09. The van der Waals surface area contributed by atoms with Crippen molar-refractivity contribution < 1.29 is 39.9 Å². The van der Waals surface area contributed by atoms with Gasteiger partial charge in [0.1, 0.15) is 11.6 Å². The highest BCUT2D eigenvalue weighted by Gasteiger charge is 2.59. The molecule has 0 aromatic heterocycles. The number of amides is 1. The third-order valence-corrected chi connectivity index (χ3v) is 3.51. The van der Waals surface area contributed by atoms with Crippen molar-refractivity contribution in [2.75, 3.05) is 12.3 Å². The van der Waals surface area contributed by atoms with Crippen molar-refractivity contribution in [3.05, 3.63) is 35.4 Å². The van der Waals surface area contributed by atoms with Crippen LogP contribution >= 0.6 is 11.8 Å². The fourth-order valence-electron chi connectivity index (χ4n) is 1.68. The number of carbonyl (C=O) groups excluding carboxylic acids is 1. The van der Waals surface area contributed by atoms with E-state index in [4.69, 9.17) is 5.73 Å². The maximum absolute atomic E-state index is 13.2. The van der Waals surface area contributed by atoms with Crippen LogP contribution in [0.5, 0.6) is 0 Å². The van der Waals surface area contributed by atoms with Gasteiger partial charge in [0.15, 0.2) is 0 Å². The maximum Gasteiger partial charge on any atom is 0.441 e. The van der Waals surface area contributed by atoms with Gasteiger partial charge in [0.2, 0.25) is 5.54 Å². The van der Waals surface area contributed by atoms with Gasteiger partial charge in [-0.25, -0.2) is 8.78 Å². The molecule has 136 valence electrons. The summed E-state index contributed by atoms with van der Waals surface area (Å²) in [5.74, 6) is -5.49. The van der Waals surface area contributed by atoms with E-state index in [1.165, 1.54) is 0 Å². The lowest BCUT2D eigenvalue weighted by molar-refractivity contribution is -0.194. The fourth-order valence-corrected chi connectivity index (χ4v) is 2.11. The third-order valence-electron chi connectivity index (χ3n) is 2.78. The number of halogens is 8. The van der Waals surface area contributed by atoms with Gasteiger partial charge in [0, 0.05) is 18.4 Å². The van der Waals surface area contributed by atoms with Crippen molar-refractivity contribution in [2.24, 2.45) is 5.73 Å². The lowest BCUT2D eigenvalue weighted by Gasteiger charge is -2.31. The second kappa shape index (κ2) is 7.13. The highest BCUT2D eigenvalue weighted by molar-refractivity contribution is 8.00. The summed E-state index contributed by atoms with van der Waals surface area (Å²) in [4.78, 5) is 11.8. The summed E-state index contributed by atoms with van der Waals surface area (Å²) in [6.45, 7) is -0.782. The lowest BCUT2D eigenvalue weighted by atomic mass is 9.89. The number of thioether (sulfide) groups is 1. The van der Waals surface area contributed by atoms with E-state index < -0.39 is 64.4 Å². The molecule has 0 saturated heterocycles. The molecule has 0 aliphatic rings. The van der Waals surface area contributed by atoms with Crippen LogP contribution in [-0.2, 0) is 10.3 Å². The molecule has 12 heteroatoms. The van der Waals surface area contributed by atoms with Crippen LogP contribution in [0.15, 0.2) is 18.2 Å². The molecule has 0 aliphatic carbocycles. The van der Waals surface area contributed by atoms with Crippen LogP contribution in [0.3, 0.4) is 0 Å². The Bertz CT molecular complexity index is 583. The molecule has 3 nitrogen and oxygen atoms in total. The molecule has 1 aromatic carbocycles. The molecule has 1 amide bonds. The van der Waals surface area contributed by atoms with E-state index >= 15 is 0 Å². The predicted octanol–water partition coefficient (Wildman–Crippen LogP) is 3.05. The van der Waals surface area contributed by atoms with Gasteiger partial charge < -0.3 is 11.1 Å². The molecule has 1 rings (SSSR count). The summed E-state index contributed by atoms with van der Waals surface area (Å²) in [5.41, 5.74) is -4.61. The standard InChI is InChI=1S/C12H10F8N2OS/c13-7-3-6(4-8(14)5-7)10(21,11(15,16)17)9(23)22-1-2-24-12(18,19)20/h3-5H,1-2,21H2,(H,22,23)/t10-/m0/s1. The quantitative estimate of drug-likeness (QED) is 0.608. The van der Waals surface area contributed by atoms with Crippen molar-refractivity contribution >= 4 is 17.7 Å². The summed E-state index contributed by atoms with van der Waals surface area (Å²) in [7, 11) is 0. The van der Waals surface area contributed by atoms with E-state index in [0.717, 1.165) is 0 Å². The molecular formula is C12H10F8N2OS. The zero-order valence-electron chi connectivity index (χ0n) is 11.6. The zero-order valence-corrected chi connectivity index (χ0v) is 12.4. The fraction of sp³-hybridized carbons (Fsp3) is 0.417. The summed E-state index contributed by atoms with van der Waals surface area (Å²) in [5, 5.41) is 1.59. The van der Waals surface area contributed by atoms with Crippen LogP contribution in [0, 0.1) is 11.6 Å². The van der Waals surface area contributed by atoms with E-state index in [1.54, 1.807) is 5.32 Å². The molecular weight excluding hydrogens is 372 g/mol. The molecule has 0 unspecified atom stereocenters. The molecule has 1 aromatic rings. The number of alkyl halides is 6. The molecule has 0 fully saturated rings. The number of hydrogen-bond acceptors (Lipinski definition) is 3. The minimum absolute atomic E-state index is 0.223. The van der Waals surface area contributed by atoms with E-state index in [0.29, 0.717) is 0 Å². The van der Waals surface area contributed by atoms with Crippen molar-refractivity contribution in [1.29, 1.82) is 0 Å². The lowest BCUT2D eigenvalue weighted by Crippen LogP contribution is -2.61. The number of nitrogens with one attached hydrogen (secondary N) is 1. The van der Waals surface area contributed by atoms with Gasteiger partial charge in [-0.1, -0.05) is 0 Å². The number of benzene rings is 1. The smallest absolute Gasteiger partial charge is 0.353 e. The second-order valence-corrected chi connectivity index (χ2v) is 5.67. The molecule has 1 atom stereocenters. The molecule has 0 heterocycles. The minimum atomic E-state index is -5.45.